The second-order valence-corrected chi connectivity index (χ2v) is 7.40. The highest BCUT2D eigenvalue weighted by molar-refractivity contribution is 7.09. The van der Waals surface area contributed by atoms with Crippen LogP contribution in [0.4, 0.5) is 10.5 Å². The van der Waals surface area contributed by atoms with Crippen LogP contribution in [0.3, 0.4) is 0 Å². The standard InChI is InChI=1S/C20H23N3O3S/c1-14(2)19-21-16(13-27-19)11-23(3)20(24)22-15-6-8-17(9-7-15)26-12-18-5-4-10-25-18/h4-10,13-14H,11-12H2,1-3H3,(H,22,24). The number of rotatable bonds is 7. The van der Waals surface area contributed by atoms with Gasteiger partial charge in [-0.15, -0.1) is 11.3 Å². The van der Waals surface area contributed by atoms with E-state index in [1.807, 2.05) is 41.8 Å². The summed E-state index contributed by atoms with van der Waals surface area (Å²) in [5, 5.41) is 5.97. The smallest absolute Gasteiger partial charge is 0.321 e. The van der Waals surface area contributed by atoms with E-state index in [4.69, 9.17) is 9.15 Å². The van der Waals surface area contributed by atoms with Gasteiger partial charge in [0.25, 0.3) is 0 Å². The van der Waals surface area contributed by atoms with E-state index in [9.17, 15) is 4.79 Å². The number of furan rings is 1. The Morgan fingerprint density at radius 2 is 2.07 bits per heavy atom. The fraction of sp³-hybridized carbons (Fsp3) is 0.300. The van der Waals surface area contributed by atoms with Gasteiger partial charge in [-0.3, -0.25) is 0 Å². The van der Waals surface area contributed by atoms with Crippen LogP contribution in [-0.4, -0.2) is 23.0 Å². The van der Waals surface area contributed by atoms with Gasteiger partial charge in [0, 0.05) is 24.0 Å². The van der Waals surface area contributed by atoms with Crippen molar-refractivity contribution in [1.29, 1.82) is 0 Å². The Hall–Kier alpha value is -2.80. The Morgan fingerprint density at radius 1 is 1.30 bits per heavy atom. The van der Waals surface area contributed by atoms with Crippen molar-refractivity contribution in [2.45, 2.75) is 32.9 Å². The lowest BCUT2D eigenvalue weighted by Gasteiger charge is -2.17. The van der Waals surface area contributed by atoms with Gasteiger partial charge >= 0.3 is 6.03 Å². The van der Waals surface area contributed by atoms with Gasteiger partial charge in [-0.1, -0.05) is 13.8 Å². The molecule has 0 saturated heterocycles. The molecule has 0 aliphatic rings. The van der Waals surface area contributed by atoms with E-state index >= 15 is 0 Å². The number of carbonyl (C=O) groups is 1. The third-order valence-electron chi connectivity index (χ3n) is 3.88. The Kier molecular flexibility index (Phi) is 6.13. The molecule has 7 heteroatoms. The van der Waals surface area contributed by atoms with Crippen LogP contribution in [0, 0.1) is 0 Å². The van der Waals surface area contributed by atoms with E-state index in [-0.39, 0.29) is 6.03 Å². The highest BCUT2D eigenvalue weighted by atomic mass is 32.1. The Bertz CT molecular complexity index is 857. The molecule has 0 spiro atoms. The van der Waals surface area contributed by atoms with E-state index in [0.717, 1.165) is 16.5 Å². The lowest BCUT2D eigenvalue weighted by Crippen LogP contribution is -2.30. The first-order chi connectivity index (χ1) is 13.0. The molecule has 1 N–H and O–H groups in total. The second kappa shape index (κ2) is 8.73. The zero-order valence-corrected chi connectivity index (χ0v) is 16.5. The van der Waals surface area contributed by atoms with Crippen molar-refractivity contribution in [3.63, 3.8) is 0 Å². The molecule has 3 rings (SSSR count). The van der Waals surface area contributed by atoms with E-state index in [2.05, 4.69) is 24.1 Å². The lowest BCUT2D eigenvalue weighted by atomic mass is 10.2. The van der Waals surface area contributed by atoms with Crippen molar-refractivity contribution in [2.75, 3.05) is 12.4 Å². The fourth-order valence-electron chi connectivity index (χ4n) is 2.38. The highest BCUT2D eigenvalue weighted by Gasteiger charge is 2.13. The summed E-state index contributed by atoms with van der Waals surface area (Å²) < 4.78 is 10.9. The normalized spacial score (nSPS) is 10.8. The minimum Gasteiger partial charge on any atom is -0.486 e. The maximum atomic E-state index is 12.4. The summed E-state index contributed by atoms with van der Waals surface area (Å²) in [6, 6.07) is 10.7. The monoisotopic (exact) mass is 385 g/mol. The first kappa shape index (κ1) is 19.0. The van der Waals surface area contributed by atoms with Gasteiger partial charge in [-0.25, -0.2) is 9.78 Å². The summed E-state index contributed by atoms with van der Waals surface area (Å²) in [7, 11) is 1.75. The average Bonchev–Trinajstić information content (AvgIpc) is 3.33. The molecular formula is C20H23N3O3S. The number of nitrogens with one attached hydrogen (secondary N) is 1. The van der Waals surface area contributed by atoms with Crippen molar-refractivity contribution < 1.29 is 13.9 Å². The van der Waals surface area contributed by atoms with Crippen LogP contribution >= 0.6 is 11.3 Å². The third-order valence-corrected chi connectivity index (χ3v) is 5.07. The third kappa shape index (κ3) is 5.34. The zero-order valence-electron chi connectivity index (χ0n) is 15.6. The van der Waals surface area contributed by atoms with Crippen LogP contribution in [0.15, 0.2) is 52.5 Å². The Labute approximate surface area is 162 Å². The number of benzene rings is 1. The predicted octanol–water partition coefficient (Wildman–Crippen LogP) is 5.10. The first-order valence-electron chi connectivity index (χ1n) is 8.73. The number of carbonyl (C=O) groups excluding carboxylic acids is 1. The van der Waals surface area contributed by atoms with Crippen molar-refractivity contribution >= 4 is 23.1 Å². The van der Waals surface area contributed by atoms with Gasteiger partial charge in [0.05, 0.1) is 23.5 Å². The molecule has 0 unspecified atom stereocenters. The van der Waals surface area contributed by atoms with Crippen LogP contribution in [0.25, 0.3) is 0 Å². The zero-order chi connectivity index (χ0) is 19.2. The minimum atomic E-state index is -0.182. The number of ether oxygens (including phenoxy) is 1. The van der Waals surface area contributed by atoms with Crippen LogP contribution in [0.1, 0.15) is 36.2 Å². The second-order valence-electron chi connectivity index (χ2n) is 6.51. The van der Waals surface area contributed by atoms with Crippen LogP contribution in [0.2, 0.25) is 0 Å². The molecule has 0 atom stereocenters. The van der Waals surface area contributed by atoms with E-state index in [0.29, 0.717) is 30.5 Å². The number of urea groups is 1. The molecule has 0 bridgehead atoms. The summed E-state index contributed by atoms with van der Waals surface area (Å²) in [5.74, 6) is 1.87. The van der Waals surface area contributed by atoms with Crippen LogP contribution < -0.4 is 10.1 Å². The highest BCUT2D eigenvalue weighted by Crippen LogP contribution is 2.20. The number of nitrogens with zero attached hydrogens (tertiary/aromatic N) is 2. The van der Waals surface area contributed by atoms with Gasteiger partial charge in [0.2, 0.25) is 0 Å². The summed E-state index contributed by atoms with van der Waals surface area (Å²) in [4.78, 5) is 18.5. The SMILES string of the molecule is CC(C)c1nc(CN(C)C(=O)Nc2ccc(OCc3ccco3)cc2)cs1. The number of amides is 2. The summed E-state index contributed by atoms with van der Waals surface area (Å²) in [6.07, 6.45) is 1.61. The molecule has 1 aromatic carbocycles. The van der Waals surface area contributed by atoms with Crippen molar-refractivity contribution in [2.24, 2.45) is 0 Å². The minimum absolute atomic E-state index is 0.182. The summed E-state index contributed by atoms with van der Waals surface area (Å²) in [5.41, 5.74) is 1.61. The average molecular weight is 385 g/mol. The molecule has 0 fully saturated rings. The summed E-state index contributed by atoms with van der Waals surface area (Å²) in [6.45, 7) is 5.06. The van der Waals surface area contributed by atoms with Crippen molar-refractivity contribution in [1.82, 2.24) is 9.88 Å². The van der Waals surface area contributed by atoms with E-state index in [1.165, 1.54) is 0 Å². The molecule has 27 heavy (non-hydrogen) atoms. The van der Waals surface area contributed by atoms with Gasteiger partial charge in [0.1, 0.15) is 18.1 Å². The van der Waals surface area contributed by atoms with Crippen molar-refractivity contribution in [3.8, 4) is 5.75 Å². The molecule has 6 nitrogen and oxygen atoms in total. The van der Waals surface area contributed by atoms with Gasteiger partial charge in [-0.2, -0.15) is 0 Å². The number of anilines is 1. The molecule has 2 amide bonds. The molecule has 2 heterocycles. The first-order valence-corrected chi connectivity index (χ1v) is 9.61. The molecule has 0 aliphatic carbocycles. The molecule has 3 aromatic rings. The Morgan fingerprint density at radius 3 is 2.70 bits per heavy atom. The number of hydrogen-bond acceptors (Lipinski definition) is 5. The number of aromatic nitrogens is 1. The largest absolute Gasteiger partial charge is 0.486 e. The molecule has 0 saturated carbocycles. The lowest BCUT2D eigenvalue weighted by molar-refractivity contribution is 0.220. The molecular weight excluding hydrogens is 362 g/mol. The topological polar surface area (TPSA) is 67.6 Å². The fourth-order valence-corrected chi connectivity index (χ4v) is 3.20. The molecule has 2 aromatic heterocycles. The van der Waals surface area contributed by atoms with Gasteiger partial charge in [0.15, 0.2) is 0 Å². The maximum Gasteiger partial charge on any atom is 0.321 e. The maximum absolute atomic E-state index is 12.4. The van der Waals surface area contributed by atoms with E-state index in [1.54, 1.807) is 29.5 Å². The number of thiazole rings is 1. The van der Waals surface area contributed by atoms with Gasteiger partial charge < -0.3 is 19.4 Å². The summed E-state index contributed by atoms with van der Waals surface area (Å²) >= 11 is 1.63. The number of hydrogen-bond donors (Lipinski definition) is 1. The molecule has 0 radical (unpaired) electrons. The quantitative estimate of drug-likeness (QED) is 0.614. The van der Waals surface area contributed by atoms with Crippen LogP contribution in [-0.2, 0) is 13.2 Å². The van der Waals surface area contributed by atoms with E-state index < -0.39 is 0 Å². The van der Waals surface area contributed by atoms with Gasteiger partial charge in [-0.05, 0) is 36.4 Å². The van der Waals surface area contributed by atoms with Crippen LogP contribution in [0.5, 0.6) is 5.75 Å². The molecule has 0 aliphatic heterocycles. The predicted molar refractivity (Wildman–Crippen MR) is 106 cm³/mol. The Balaban J connectivity index is 1.50. The van der Waals surface area contributed by atoms with Crippen molar-refractivity contribution in [3.05, 3.63) is 64.5 Å². The molecule has 142 valence electrons.